The second kappa shape index (κ2) is 6.05. The van der Waals surface area contributed by atoms with Gasteiger partial charge >= 0.3 is 5.97 Å². The summed E-state index contributed by atoms with van der Waals surface area (Å²) in [5, 5.41) is 12.3. The lowest BCUT2D eigenvalue weighted by Crippen LogP contribution is -2.61. The Labute approximate surface area is 148 Å². The number of nitrogens with one attached hydrogen (secondary N) is 1. The maximum atomic E-state index is 15.4. The molecular formula is C18H19F2N3O3. The number of carboxylic acids is 1. The van der Waals surface area contributed by atoms with Crippen molar-refractivity contribution in [3.63, 3.8) is 0 Å². The highest BCUT2D eigenvalue weighted by molar-refractivity contribution is 5.93. The number of fused-ring (bicyclic) bond motifs is 4. The molecule has 26 heavy (non-hydrogen) atoms. The largest absolute Gasteiger partial charge is 0.477 e. The molecule has 2 aromatic rings. The first kappa shape index (κ1) is 17.0. The Kier molecular flexibility index (Phi) is 3.95. The zero-order valence-corrected chi connectivity index (χ0v) is 14.3. The van der Waals surface area contributed by atoms with E-state index in [1.807, 2.05) is 0 Å². The molecule has 2 bridgehead atoms. The first-order valence-electron chi connectivity index (χ1n) is 8.70. The van der Waals surface area contributed by atoms with Crippen molar-refractivity contribution in [1.29, 1.82) is 0 Å². The van der Waals surface area contributed by atoms with Gasteiger partial charge in [0.2, 0.25) is 5.43 Å². The third kappa shape index (κ3) is 2.39. The summed E-state index contributed by atoms with van der Waals surface area (Å²) in [6, 6.07) is 1.17. The van der Waals surface area contributed by atoms with Gasteiger partial charge in [-0.05, 0) is 25.8 Å². The van der Waals surface area contributed by atoms with Crippen LogP contribution in [0.5, 0.6) is 0 Å². The van der Waals surface area contributed by atoms with E-state index in [0.29, 0.717) is 13.1 Å². The Bertz CT molecular complexity index is 965. The van der Waals surface area contributed by atoms with E-state index in [2.05, 4.69) is 5.32 Å². The zero-order chi connectivity index (χ0) is 18.6. The Morgan fingerprint density at radius 1 is 1.38 bits per heavy atom. The van der Waals surface area contributed by atoms with Crippen LogP contribution >= 0.6 is 0 Å². The molecule has 6 nitrogen and oxygen atoms in total. The van der Waals surface area contributed by atoms with Gasteiger partial charge in [0.05, 0.1) is 10.9 Å². The minimum atomic E-state index is -1.41. The lowest BCUT2D eigenvalue weighted by Gasteiger charge is -2.47. The van der Waals surface area contributed by atoms with Gasteiger partial charge in [-0.2, -0.15) is 0 Å². The topological polar surface area (TPSA) is 74.6 Å². The number of aromatic nitrogens is 1. The van der Waals surface area contributed by atoms with Crippen LogP contribution in [-0.4, -0.2) is 40.8 Å². The average molecular weight is 363 g/mol. The number of piperidine rings is 2. The summed E-state index contributed by atoms with van der Waals surface area (Å²) in [7, 11) is 0. The van der Waals surface area contributed by atoms with Crippen LogP contribution in [0.2, 0.25) is 0 Å². The van der Waals surface area contributed by atoms with Crippen molar-refractivity contribution in [3.8, 4) is 0 Å². The summed E-state index contributed by atoms with van der Waals surface area (Å²) in [4.78, 5) is 25.4. The monoisotopic (exact) mass is 363 g/mol. The number of nitrogens with zero attached hydrogens (tertiary/aromatic N) is 2. The maximum absolute atomic E-state index is 15.4. The van der Waals surface area contributed by atoms with Crippen molar-refractivity contribution in [2.45, 2.75) is 38.4 Å². The number of carbonyl (C=O) groups is 1. The SMILES string of the molecule is CCn1cc(C(=O)O)c(=O)c2cc(F)c(N3CC4CCC3CN4)c(F)c21. The van der Waals surface area contributed by atoms with E-state index in [1.165, 1.54) is 4.57 Å². The summed E-state index contributed by atoms with van der Waals surface area (Å²) >= 11 is 0. The van der Waals surface area contributed by atoms with Crippen LogP contribution in [0.1, 0.15) is 30.1 Å². The molecule has 3 aliphatic rings. The van der Waals surface area contributed by atoms with Gasteiger partial charge < -0.3 is 19.9 Å². The lowest BCUT2D eigenvalue weighted by atomic mass is 9.92. The average Bonchev–Trinajstić information content (AvgIpc) is 2.63. The predicted molar refractivity (Wildman–Crippen MR) is 92.9 cm³/mol. The molecule has 2 unspecified atom stereocenters. The Balaban J connectivity index is 1.98. The van der Waals surface area contributed by atoms with E-state index in [-0.39, 0.29) is 35.2 Å². The molecule has 1 aromatic carbocycles. The number of hydrogen-bond acceptors (Lipinski definition) is 4. The van der Waals surface area contributed by atoms with Crippen LogP contribution in [0, 0.1) is 11.6 Å². The minimum absolute atomic E-state index is 0.00143. The molecular weight excluding hydrogens is 344 g/mol. The van der Waals surface area contributed by atoms with E-state index >= 15 is 4.39 Å². The van der Waals surface area contributed by atoms with Crippen molar-refractivity contribution in [2.24, 2.45) is 0 Å². The van der Waals surface area contributed by atoms with E-state index in [0.717, 1.165) is 25.1 Å². The minimum Gasteiger partial charge on any atom is -0.477 e. The quantitative estimate of drug-likeness (QED) is 0.872. The molecule has 3 aliphatic heterocycles. The smallest absolute Gasteiger partial charge is 0.341 e. The molecule has 1 aromatic heterocycles. The number of piperazine rings is 1. The molecule has 2 N–H and O–H groups in total. The van der Waals surface area contributed by atoms with Crippen molar-refractivity contribution in [1.82, 2.24) is 9.88 Å². The molecule has 0 aliphatic carbocycles. The molecule has 5 rings (SSSR count). The molecule has 4 heterocycles. The van der Waals surface area contributed by atoms with Crippen LogP contribution in [0.4, 0.5) is 14.5 Å². The van der Waals surface area contributed by atoms with Gasteiger partial charge in [-0.3, -0.25) is 4.79 Å². The second-order valence-corrected chi connectivity index (χ2v) is 6.87. The van der Waals surface area contributed by atoms with E-state index in [4.69, 9.17) is 0 Å². The molecule has 138 valence electrons. The normalized spacial score (nSPS) is 22.2. The molecule has 3 fully saturated rings. The van der Waals surface area contributed by atoms with Gasteiger partial charge in [0.15, 0.2) is 5.82 Å². The van der Waals surface area contributed by atoms with Gasteiger partial charge in [0, 0.05) is 37.9 Å². The molecule has 2 atom stereocenters. The molecule has 3 saturated heterocycles. The lowest BCUT2D eigenvalue weighted by molar-refractivity contribution is 0.0695. The van der Waals surface area contributed by atoms with Gasteiger partial charge in [0.1, 0.15) is 17.1 Å². The summed E-state index contributed by atoms with van der Waals surface area (Å²) < 4.78 is 31.6. The van der Waals surface area contributed by atoms with Gasteiger partial charge in [0.25, 0.3) is 0 Å². The fourth-order valence-electron chi connectivity index (χ4n) is 4.12. The molecule has 0 saturated carbocycles. The first-order chi connectivity index (χ1) is 12.4. The second-order valence-electron chi connectivity index (χ2n) is 6.87. The van der Waals surface area contributed by atoms with Crippen molar-refractivity contribution < 1.29 is 18.7 Å². The van der Waals surface area contributed by atoms with E-state index < -0.39 is 28.6 Å². The number of hydrogen-bond donors (Lipinski definition) is 2. The standard InChI is InChI=1S/C18H19F2N3O3/c1-2-22-8-12(18(25)26)17(24)11-5-13(19)16(14(20)15(11)22)23-7-9-3-4-10(23)6-21-9/h5,8-10,21H,2-4,6-7H2,1H3,(H,25,26). The van der Waals surface area contributed by atoms with Crippen LogP contribution in [0.25, 0.3) is 10.9 Å². The van der Waals surface area contributed by atoms with Crippen molar-refractivity contribution in [2.75, 3.05) is 18.0 Å². The fourth-order valence-corrected chi connectivity index (χ4v) is 4.12. The van der Waals surface area contributed by atoms with Crippen LogP contribution in [0.15, 0.2) is 17.1 Å². The number of carboxylic acid groups (broad SMARTS) is 1. The number of aryl methyl sites for hydroxylation is 1. The third-order valence-electron chi connectivity index (χ3n) is 5.44. The van der Waals surface area contributed by atoms with Crippen LogP contribution < -0.4 is 15.6 Å². The van der Waals surface area contributed by atoms with E-state index in [1.54, 1.807) is 11.8 Å². The molecule has 0 spiro atoms. The molecule has 8 heteroatoms. The van der Waals surface area contributed by atoms with Gasteiger partial charge in [-0.15, -0.1) is 0 Å². The zero-order valence-electron chi connectivity index (χ0n) is 14.3. The summed E-state index contributed by atoms with van der Waals surface area (Å²) in [6.07, 6.45) is 2.95. The number of rotatable bonds is 3. The van der Waals surface area contributed by atoms with Gasteiger partial charge in [-0.1, -0.05) is 0 Å². The number of halogens is 2. The molecule has 0 amide bonds. The first-order valence-corrected chi connectivity index (χ1v) is 8.70. The predicted octanol–water partition coefficient (Wildman–Crippen LogP) is 1.94. The summed E-state index contributed by atoms with van der Waals surface area (Å²) in [5.41, 5.74) is -1.54. The van der Waals surface area contributed by atoms with Crippen LogP contribution in [-0.2, 0) is 6.54 Å². The summed E-state index contributed by atoms with van der Waals surface area (Å²) in [6.45, 7) is 3.14. The van der Waals surface area contributed by atoms with Crippen LogP contribution in [0.3, 0.4) is 0 Å². The Hall–Kier alpha value is -2.48. The highest BCUT2D eigenvalue weighted by Gasteiger charge is 2.37. The fraction of sp³-hybridized carbons (Fsp3) is 0.444. The maximum Gasteiger partial charge on any atom is 0.341 e. The van der Waals surface area contributed by atoms with E-state index in [9.17, 15) is 19.1 Å². The number of benzene rings is 1. The van der Waals surface area contributed by atoms with Crippen molar-refractivity contribution in [3.05, 3.63) is 39.7 Å². The number of pyridine rings is 1. The Morgan fingerprint density at radius 3 is 2.69 bits per heavy atom. The summed E-state index contributed by atoms with van der Waals surface area (Å²) in [5.74, 6) is -3.04. The van der Waals surface area contributed by atoms with Crippen molar-refractivity contribution >= 4 is 22.6 Å². The number of aromatic carboxylic acids is 1. The van der Waals surface area contributed by atoms with Gasteiger partial charge in [-0.25, -0.2) is 13.6 Å². The highest BCUT2D eigenvalue weighted by Crippen LogP contribution is 2.35. The molecule has 0 radical (unpaired) electrons. The number of anilines is 1. The Morgan fingerprint density at radius 2 is 2.15 bits per heavy atom. The third-order valence-corrected chi connectivity index (χ3v) is 5.44. The highest BCUT2D eigenvalue weighted by atomic mass is 19.1.